The maximum Gasteiger partial charge on any atom is 0.167 e. The van der Waals surface area contributed by atoms with Crippen molar-refractivity contribution >= 4 is 0 Å². The third-order valence-electron chi connectivity index (χ3n) is 5.75. The number of aliphatic hydroxyl groups is 1. The Kier molecular flexibility index (Phi) is 6.33. The van der Waals surface area contributed by atoms with Crippen molar-refractivity contribution in [3.63, 3.8) is 0 Å². The van der Waals surface area contributed by atoms with Crippen LogP contribution in [0.25, 0.3) is 0 Å². The second-order valence-electron chi connectivity index (χ2n) is 7.80. The summed E-state index contributed by atoms with van der Waals surface area (Å²) in [5, 5.41) is 15.6. The van der Waals surface area contributed by atoms with E-state index in [4.69, 9.17) is 0 Å². The van der Waals surface area contributed by atoms with Crippen molar-refractivity contribution in [2.75, 3.05) is 0 Å². The quantitative estimate of drug-likeness (QED) is 0.411. The van der Waals surface area contributed by atoms with Crippen molar-refractivity contribution in [3.05, 3.63) is 95.6 Å². The van der Waals surface area contributed by atoms with Gasteiger partial charge >= 0.3 is 0 Å². The standard InChI is InChI=1S/C22H19F4N7O/c1-12(19-17(25)6-27-8-29-19)20-18(26)21(31-10-30-20)13(2)22(34,7-33-11-28-9-32-33)15-4-3-14(23)5-16(15)24/h3-6,8-13,34H,7H2,1-2H3/t12?,13-,22+/m0/s1. The van der Waals surface area contributed by atoms with Crippen LogP contribution in [0, 0.1) is 23.3 Å². The van der Waals surface area contributed by atoms with Gasteiger partial charge in [-0.25, -0.2) is 47.2 Å². The molecule has 0 aliphatic carbocycles. The smallest absolute Gasteiger partial charge is 0.167 e. The normalized spacial score (nSPS) is 15.0. The molecule has 0 radical (unpaired) electrons. The van der Waals surface area contributed by atoms with Gasteiger partial charge in [0.15, 0.2) is 11.6 Å². The second kappa shape index (κ2) is 9.21. The molecular formula is C22H19F4N7O. The number of benzene rings is 1. The van der Waals surface area contributed by atoms with Gasteiger partial charge in [0.25, 0.3) is 0 Å². The summed E-state index contributed by atoms with van der Waals surface area (Å²) < 4.78 is 59.5. The first-order valence-electron chi connectivity index (χ1n) is 10.2. The Morgan fingerprint density at radius 2 is 1.65 bits per heavy atom. The number of hydrogen-bond donors (Lipinski definition) is 1. The monoisotopic (exact) mass is 473 g/mol. The van der Waals surface area contributed by atoms with E-state index >= 15 is 4.39 Å². The molecule has 4 aromatic rings. The van der Waals surface area contributed by atoms with Gasteiger partial charge in [-0.15, -0.1) is 0 Å². The van der Waals surface area contributed by atoms with Gasteiger partial charge in [0.1, 0.15) is 42.5 Å². The minimum Gasteiger partial charge on any atom is -0.382 e. The van der Waals surface area contributed by atoms with Crippen LogP contribution in [0.2, 0.25) is 0 Å². The van der Waals surface area contributed by atoms with Crippen LogP contribution in [0.3, 0.4) is 0 Å². The number of hydrogen-bond acceptors (Lipinski definition) is 7. The van der Waals surface area contributed by atoms with E-state index in [9.17, 15) is 18.3 Å². The largest absolute Gasteiger partial charge is 0.382 e. The minimum absolute atomic E-state index is 0.0753. The zero-order valence-electron chi connectivity index (χ0n) is 18.1. The highest BCUT2D eigenvalue weighted by Gasteiger charge is 2.42. The van der Waals surface area contributed by atoms with Crippen LogP contribution >= 0.6 is 0 Å². The number of aromatic nitrogens is 7. The van der Waals surface area contributed by atoms with Crippen LogP contribution < -0.4 is 0 Å². The van der Waals surface area contributed by atoms with Gasteiger partial charge in [-0.1, -0.05) is 19.9 Å². The van der Waals surface area contributed by atoms with E-state index in [0.717, 1.165) is 31.0 Å². The first kappa shape index (κ1) is 23.4. The lowest BCUT2D eigenvalue weighted by Gasteiger charge is -2.34. The molecule has 0 aliphatic heterocycles. The lowest BCUT2D eigenvalue weighted by Crippen LogP contribution is -2.39. The molecule has 3 aromatic heterocycles. The van der Waals surface area contributed by atoms with E-state index in [1.807, 2.05) is 0 Å². The Labute approximate surface area is 191 Å². The van der Waals surface area contributed by atoms with Crippen molar-refractivity contribution in [2.24, 2.45) is 0 Å². The molecule has 0 spiro atoms. The Balaban J connectivity index is 1.81. The van der Waals surface area contributed by atoms with Crippen LogP contribution in [0.4, 0.5) is 17.6 Å². The summed E-state index contributed by atoms with van der Waals surface area (Å²) in [6.45, 7) is 2.60. The van der Waals surface area contributed by atoms with Crippen molar-refractivity contribution < 1.29 is 22.7 Å². The maximum absolute atomic E-state index is 15.7. The van der Waals surface area contributed by atoms with Gasteiger partial charge in [0.05, 0.1) is 29.8 Å². The fraction of sp³-hybridized carbons (Fsp3) is 0.273. The summed E-state index contributed by atoms with van der Waals surface area (Å²) in [4.78, 5) is 19.2. The third kappa shape index (κ3) is 4.23. The summed E-state index contributed by atoms with van der Waals surface area (Å²) in [7, 11) is 0. The predicted octanol–water partition coefficient (Wildman–Crippen LogP) is 3.26. The topological polar surface area (TPSA) is 102 Å². The Morgan fingerprint density at radius 1 is 0.912 bits per heavy atom. The van der Waals surface area contributed by atoms with Crippen molar-refractivity contribution in [3.8, 4) is 0 Å². The molecule has 4 rings (SSSR count). The summed E-state index contributed by atoms with van der Waals surface area (Å²) in [5.41, 5.74) is -2.91. The molecular weight excluding hydrogens is 454 g/mol. The fourth-order valence-corrected chi connectivity index (χ4v) is 3.86. The molecule has 0 bridgehead atoms. The predicted molar refractivity (Wildman–Crippen MR) is 110 cm³/mol. The van der Waals surface area contributed by atoms with Crippen molar-refractivity contribution in [1.82, 2.24) is 34.7 Å². The fourth-order valence-electron chi connectivity index (χ4n) is 3.86. The molecule has 176 valence electrons. The maximum atomic E-state index is 15.7. The van der Waals surface area contributed by atoms with Crippen molar-refractivity contribution in [1.29, 1.82) is 0 Å². The Bertz CT molecular complexity index is 1300. The van der Waals surface area contributed by atoms with E-state index in [2.05, 4.69) is 30.0 Å². The van der Waals surface area contributed by atoms with Gasteiger partial charge in [-0.3, -0.25) is 0 Å². The molecule has 0 amide bonds. The molecule has 0 aliphatic rings. The van der Waals surface area contributed by atoms with Gasteiger partial charge in [-0.2, -0.15) is 5.10 Å². The third-order valence-corrected chi connectivity index (χ3v) is 5.75. The van der Waals surface area contributed by atoms with Gasteiger partial charge in [0, 0.05) is 23.5 Å². The SMILES string of the molecule is CC(c1ncncc1F)c1ncnc([C@H](C)[C@](O)(Cn2cncn2)c2ccc(F)cc2F)c1F. The lowest BCUT2D eigenvalue weighted by molar-refractivity contribution is -0.0134. The average molecular weight is 473 g/mol. The minimum atomic E-state index is -2.12. The number of nitrogens with zero attached hydrogens (tertiary/aromatic N) is 7. The molecule has 8 nitrogen and oxygen atoms in total. The summed E-state index contributed by atoms with van der Waals surface area (Å²) in [6, 6.07) is 2.69. The van der Waals surface area contributed by atoms with Crippen LogP contribution in [-0.2, 0) is 12.1 Å². The number of rotatable bonds is 7. The van der Waals surface area contributed by atoms with Crippen LogP contribution in [0.5, 0.6) is 0 Å². The Morgan fingerprint density at radius 3 is 2.32 bits per heavy atom. The van der Waals surface area contributed by atoms with E-state index in [0.29, 0.717) is 6.07 Å². The molecule has 0 saturated heterocycles. The highest BCUT2D eigenvalue weighted by molar-refractivity contribution is 5.32. The molecule has 3 heterocycles. The molecule has 0 fully saturated rings. The summed E-state index contributed by atoms with van der Waals surface area (Å²) in [5.74, 6) is -5.61. The van der Waals surface area contributed by atoms with Gasteiger partial charge in [-0.05, 0) is 6.07 Å². The lowest BCUT2D eigenvalue weighted by atomic mass is 9.79. The van der Waals surface area contributed by atoms with Crippen LogP contribution in [0.15, 0.2) is 49.7 Å². The van der Waals surface area contributed by atoms with Crippen molar-refractivity contribution in [2.45, 2.75) is 37.8 Å². The molecule has 12 heteroatoms. The second-order valence-corrected chi connectivity index (χ2v) is 7.80. The molecule has 3 atom stereocenters. The average Bonchev–Trinajstić information content (AvgIpc) is 3.31. The van der Waals surface area contributed by atoms with E-state index < -0.39 is 40.7 Å². The molecule has 0 saturated carbocycles. The zero-order valence-corrected chi connectivity index (χ0v) is 18.1. The summed E-state index contributed by atoms with van der Waals surface area (Å²) >= 11 is 0. The first-order valence-corrected chi connectivity index (χ1v) is 10.2. The van der Waals surface area contributed by atoms with E-state index in [-0.39, 0.29) is 29.2 Å². The molecule has 34 heavy (non-hydrogen) atoms. The van der Waals surface area contributed by atoms with E-state index in [1.54, 1.807) is 0 Å². The highest BCUT2D eigenvalue weighted by Crippen LogP contribution is 2.40. The van der Waals surface area contributed by atoms with Crippen LogP contribution in [-0.4, -0.2) is 39.8 Å². The van der Waals surface area contributed by atoms with Gasteiger partial charge < -0.3 is 5.11 Å². The molecule has 1 aromatic carbocycles. The molecule has 1 N–H and O–H groups in total. The summed E-state index contributed by atoms with van der Waals surface area (Å²) in [6.07, 6.45) is 5.66. The Hall–Kier alpha value is -3.80. The zero-order chi connectivity index (χ0) is 24.5. The van der Waals surface area contributed by atoms with Crippen LogP contribution in [0.1, 0.15) is 48.3 Å². The highest BCUT2D eigenvalue weighted by atomic mass is 19.1. The number of halogens is 4. The van der Waals surface area contributed by atoms with E-state index in [1.165, 1.54) is 31.2 Å². The van der Waals surface area contributed by atoms with Gasteiger partial charge in [0.2, 0.25) is 0 Å². The first-order chi connectivity index (χ1) is 16.2. The molecule has 1 unspecified atom stereocenters.